The first-order valence-corrected chi connectivity index (χ1v) is 18.0. The first-order valence-electron chi connectivity index (χ1n) is 7.21. The molecule has 1 rings (SSSR count). The normalized spacial score (nSPS) is 27.5. The van der Waals surface area contributed by atoms with Crippen LogP contribution in [0, 0.1) is 0 Å². The molecular weight excluding hydrogens is 336 g/mol. The van der Waals surface area contributed by atoms with Crippen LogP contribution in [0.5, 0.6) is 0 Å². The zero-order chi connectivity index (χ0) is 16.9. The predicted molar refractivity (Wildman–Crippen MR) is 93.8 cm³/mol. The molecule has 1 heterocycles. The van der Waals surface area contributed by atoms with E-state index in [-0.39, 0.29) is 0 Å². The molecule has 9 heteroatoms. The maximum absolute atomic E-state index is 10.3. The quantitative estimate of drug-likeness (QED) is 0.761. The van der Waals surface area contributed by atoms with Gasteiger partial charge in [0.15, 0.2) is 0 Å². The third-order valence-corrected chi connectivity index (χ3v) is 19.8. The lowest BCUT2D eigenvalue weighted by atomic mass is 10.1. The molecule has 0 spiro atoms. The summed E-state index contributed by atoms with van der Waals surface area (Å²) in [6.07, 6.45) is 0. The Morgan fingerprint density at radius 1 is 0.762 bits per heavy atom. The van der Waals surface area contributed by atoms with Crippen molar-refractivity contribution in [2.24, 2.45) is 0 Å². The number of aliphatic hydroxyl groups is 1. The van der Waals surface area contributed by atoms with Gasteiger partial charge in [0.1, 0.15) is 0 Å². The van der Waals surface area contributed by atoms with Crippen molar-refractivity contribution in [3.05, 3.63) is 11.8 Å². The molecule has 5 nitrogen and oxygen atoms in total. The Hall–Kier alpha value is 0.408. The molecule has 0 saturated carbocycles. The molecule has 0 radical (unpaired) electrons. The number of rotatable bonds is 2. The lowest BCUT2D eigenvalue weighted by Crippen LogP contribution is -2.66. The zero-order valence-corrected chi connectivity index (χ0v) is 18.8. The molecule has 1 aliphatic rings. The lowest BCUT2D eigenvalue weighted by Gasteiger charge is -2.49. The minimum atomic E-state index is -2.84. The summed E-state index contributed by atoms with van der Waals surface area (Å²) in [7, 11) is -9.97. The van der Waals surface area contributed by atoms with Gasteiger partial charge in [0.05, 0.1) is 5.60 Å². The molecule has 1 N–H and O–H groups in total. The Kier molecular flexibility index (Phi) is 5.09. The molecule has 0 atom stereocenters. The van der Waals surface area contributed by atoms with Crippen LogP contribution in [0.1, 0.15) is 13.8 Å². The Labute approximate surface area is 133 Å². The molecule has 21 heavy (non-hydrogen) atoms. The van der Waals surface area contributed by atoms with Crippen LogP contribution in [-0.2, 0) is 16.5 Å². The van der Waals surface area contributed by atoms with Crippen LogP contribution in [0.3, 0.4) is 0 Å². The van der Waals surface area contributed by atoms with Gasteiger partial charge in [0.2, 0.25) is 0 Å². The van der Waals surface area contributed by atoms with Gasteiger partial charge >= 0.3 is 34.2 Å². The van der Waals surface area contributed by atoms with Crippen LogP contribution in [-0.4, -0.2) is 45.0 Å². The molecule has 0 aromatic heterocycles. The van der Waals surface area contributed by atoms with Gasteiger partial charge in [-0.25, -0.2) is 0 Å². The molecule has 0 aromatic carbocycles. The summed E-state index contributed by atoms with van der Waals surface area (Å²) in [5.41, 5.74) is -1.05. The molecule has 0 unspecified atom stereocenters. The monoisotopic (exact) mass is 366 g/mol. The number of hydrogen-bond acceptors (Lipinski definition) is 5. The fourth-order valence-corrected chi connectivity index (χ4v) is 24.1. The summed E-state index contributed by atoms with van der Waals surface area (Å²) in [5.74, 6) is 0. The second-order valence-electron chi connectivity index (χ2n) is 7.59. The number of hydrogen-bond donors (Lipinski definition) is 1. The van der Waals surface area contributed by atoms with E-state index in [0.717, 1.165) is 0 Å². The van der Waals surface area contributed by atoms with Crippen molar-refractivity contribution in [2.75, 3.05) is 0 Å². The smallest absolute Gasteiger partial charge is 0.349 e. The van der Waals surface area contributed by atoms with Crippen molar-refractivity contribution in [2.45, 2.75) is 65.3 Å². The zero-order valence-electron chi connectivity index (χ0n) is 14.8. The van der Waals surface area contributed by atoms with Crippen LogP contribution in [0.15, 0.2) is 11.8 Å². The highest BCUT2D eigenvalue weighted by Crippen LogP contribution is 2.36. The van der Waals surface area contributed by atoms with Gasteiger partial charge in [0.25, 0.3) is 0 Å². The van der Waals surface area contributed by atoms with E-state index in [2.05, 4.69) is 6.58 Å². The van der Waals surface area contributed by atoms with Gasteiger partial charge in [0, 0.05) is 0 Å². The van der Waals surface area contributed by atoms with Crippen LogP contribution in [0.2, 0.25) is 45.8 Å². The SMILES string of the molecule is C=C(C(C)(C)O)[Si]1(C)O[Si](C)(C)O[Si](C)(C)O[Si](C)(C)O1. The standard InChI is InChI=1S/C12H30O5Si4/c1-11(12(2,3)13)21(10)16-19(6,7)14-18(4,5)15-20(8,9)17-21/h13H,1H2,2-10H3. The van der Waals surface area contributed by atoms with Crippen molar-refractivity contribution >= 4 is 34.2 Å². The average Bonchev–Trinajstić information content (AvgIpc) is 2.05. The fraction of sp³-hybridized carbons (Fsp3) is 0.833. The summed E-state index contributed by atoms with van der Waals surface area (Å²) < 4.78 is 25.3. The van der Waals surface area contributed by atoms with E-state index in [0.29, 0.717) is 5.20 Å². The molecule has 0 aromatic rings. The van der Waals surface area contributed by atoms with E-state index >= 15 is 0 Å². The largest absolute Gasteiger partial charge is 0.416 e. The topological polar surface area (TPSA) is 57.2 Å². The Bertz CT molecular complexity index is 406. The van der Waals surface area contributed by atoms with E-state index < -0.39 is 39.8 Å². The molecule has 0 bridgehead atoms. The molecule has 124 valence electrons. The second-order valence-corrected chi connectivity index (χ2v) is 21.8. The molecule has 1 fully saturated rings. The van der Waals surface area contributed by atoms with E-state index in [1.165, 1.54) is 0 Å². The van der Waals surface area contributed by atoms with E-state index in [1.54, 1.807) is 13.8 Å². The summed E-state index contributed by atoms with van der Waals surface area (Å²) in [6.45, 7) is 21.5. The lowest BCUT2D eigenvalue weighted by molar-refractivity contribution is 0.119. The van der Waals surface area contributed by atoms with Gasteiger partial charge in [-0.05, 0) is 64.9 Å². The van der Waals surface area contributed by atoms with Crippen molar-refractivity contribution in [1.29, 1.82) is 0 Å². The Morgan fingerprint density at radius 2 is 1.05 bits per heavy atom. The highest BCUT2D eigenvalue weighted by atomic mass is 28.5. The first-order chi connectivity index (χ1) is 8.98. The third-order valence-electron chi connectivity index (χ3n) is 3.15. The molecular formula is C12H30O5Si4. The van der Waals surface area contributed by atoms with Crippen molar-refractivity contribution in [3.63, 3.8) is 0 Å². The summed E-state index contributed by atoms with van der Waals surface area (Å²) in [6, 6.07) is 0. The van der Waals surface area contributed by atoms with Gasteiger partial charge in [-0.15, -0.1) is 0 Å². The molecule has 1 aliphatic heterocycles. The van der Waals surface area contributed by atoms with Gasteiger partial charge < -0.3 is 21.6 Å². The molecule has 0 amide bonds. The van der Waals surface area contributed by atoms with Crippen LogP contribution < -0.4 is 0 Å². The van der Waals surface area contributed by atoms with Gasteiger partial charge in [-0.2, -0.15) is 0 Å². The van der Waals surface area contributed by atoms with E-state index in [4.69, 9.17) is 16.5 Å². The maximum Gasteiger partial charge on any atom is 0.349 e. The van der Waals surface area contributed by atoms with Crippen LogP contribution >= 0.6 is 0 Å². The minimum absolute atomic E-state index is 0.615. The molecule has 1 saturated heterocycles. The average molecular weight is 367 g/mol. The minimum Gasteiger partial charge on any atom is -0.416 e. The Morgan fingerprint density at radius 3 is 1.33 bits per heavy atom. The Balaban J connectivity index is 3.25. The highest BCUT2D eigenvalue weighted by Gasteiger charge is 2.55. The first kappa shape index (κ1) is 19.5. The van der Waals surface area contributed by atoms with E-state index in [9.17, 15) is 5.11 Å². The predicted octanol–water partition coefficient (Wildman–Crippen LogP) is 3.11. The highest BCUT2D eigenvalue weighted by molar-refractivity contribution is 6.95. The summed E-state index contributed by atoms with van der Waals surface area (Å²) in [4.78, 5) is 0. The van der Waals surface area contributed by atoms with Gasteiger partial charge in [-0.1, -0.05) is 6.58 Å². The van der Waals surface area contributed by atoms with Crippen molar-refractivity contribution in [1.82, 2.24) is 0 Å². The summed E-state index contributed by atoms with van der Waals surface area (Å²) >= 11 is 0. The van der Waals surface area contributed by atoms with Crippen LogP contribution in [0.4, 0.5) is 0 Å². The third kappa shape index (κ3) is 5.22. The van der Waals surface area contributed by atoms with Crippen molar-refractivity contribution < 1.29 is 21.6 Å². The van der Waals surface area contributed by atoms with Crippen LogP contribution in [0.25, 0.3) is 0 Å². The fourth-order valence-electron chi connectivity index (χ4n) is 2.88. The second kappa shape index (κ2) is 5.49. The van der Waals surface area contributed by atoms with Crippen molar-refractivity contribution in [3.8, 4) is 0 Å². The molecule has 0 aliphatic carbocycles. The maximum atomic E-state index is 10.3. The summed E-state index contributed by atoms with van der Waals surface area (Å²) in [5, 5.41) is 11.0. The van der Waals surface area contributed by atoms with E-state index in [1.807, 2.05) is 45.8 Å². The van der Waals surface area contributed by atoms with Gasteiger partial charge in [-0.3, -0.25) is 0 Å².